The average molecular weight is 441 g/mol. The van der Waals surface area contributed by atoms with Gasteiger partial charge in [-0.05, 0) is 39.3 Å². The summed E-state index contributed by atoms with van der Waals surface area (Å²) >= 11 is 0. The summed E-state index contributed by atoms with van der Waals surface area (Å²) in [6.45, 7) is 4.54. The van der Waals surface area contributed by atoms with E-state index in [0.29, 0.717) is 19.4 Å². The molecule has 1 amide bonds. The number of rotatable bonds is 24. The zero-order valence-electron chi connectivity index (χ0n) is 20.8. The van der Waals surface area contributed by atoms with Gasteiger partial charge in [-0.15, -0.1) is 0 Å². The third kappa shape index (κ3) is 25.0. The minimum atomic E-state index is -0.0362. The van der Waals surface area contributed by atoms with Crippen LogP contribution in [0.15, 0.2) is 0 Å². The van der Waals surface area contributed by atoms with Crippen molar-refractivity contribution in [3.05, 3.63) is 0 Å². The van der Waals surface area contributed by atoms with Gasteiger partial charge in [-0.25, -0.2) is 0 Å². The Labute approximate surface area is 192 Å². The Morgan fingerprint density at radius 3 is 1.71 bits per heavy atom. The zero-order valence-corrected chi connectivity index (χ0v) is 20.8. The van der Waals surface area contributed by atoms with Crippen molar-refractivity contribution in [2.75, 3.05) is 26.7 Å². The van der Waals surface area contributed by atoms with Gasteiger partial charge >= 0.3 is 5.97 Å². The Bertz CT molecular complexity index is 402. The molecule has 0 aromatic carbocycles. The highest BCUT2D eigenvalue weighted by Gasteiger charge is 2.03. The van der Waals surface area contributed by atoms with Crippen LogP contribution in [0, 0.1) is 0 Å². The van der Waals surface area contributed by atoms with Gasteiger partial charge in [0.1, 0.15) is 0 Å². The molecule has 5 nitrogen and oxygen atoms in total. The second-order valence-electron chi connectivity index (χ2n) is 8.83. The van der Waals surface area contributed by atoms with Gasteiger partial charge in [-0.3, -0.25) is 9.59 Å². The van der Waals surface area contributed by atoms with Crippen molar-refractivity contribution in [1.82, 2.24) is 10.6 Å². The summed E-state index contributed by atoms with van der Waals surface area (Å²) in [6.07, 6.45) is 21.4. The predicted molar refractivity (Wildman–Crippen MR) is 131 cm³/mol. The number of carbonyl (C=O) groups is 2. The second-order valence-corrected chi connectivity index (χ2v) is 8.83. The molecule has 31 heavy (non-hydrogen) atoms. The third-order valence-corrected chi connectivity index (χ3v) is 5.72. The van der Waals surface area contributed by atoms with Crippen LogP contribution in [-0.4, -0.2) is 38.6 Å². The van der Waals surface area contributed by atoms with Crippen LogP contribution in [0.25, 0.3) is 0 Å². The summed E-state index contributed by atoms with van der Waals surface area (Å²) in [5.74, 6) is 0.132. The van der Waals surface area contributed by atoms with Crippen LogP contribution < -0.4 is 10.6 Å². The van der Waals surface area contributed by atoms with Crippen molar-refractivity contribution in [2.24, 2.45) is 0 Å². The fraction of sp³-hybridized carbons (Fsp3) is 0.923. The summed E-state index contributed by atoms with van der Waals surface area (Å²) in [6, 6.07) is 0. The molecule has 0 aliphatic heterocycles. The van der Waals surface area contributed by atoms with E-state index in [2.05, 4.69) is 17.6 Å². The molecular formula is C26H52N2O3. The smallest absolute Gasteiger partial charge is 0.305 e. The first kappa shape index (κ1) is 29.9. The monoisotopic (exact) mass is 440 g/mol. The first-order chi connectivity index (χ1) is 15.2. The molecule has 0 rings (SSSR count). The summed E-state index contributed by atoms with van der Waals surface area (Å²) in [7, 11) is 1.92. The van der Waals surface area contributed by atoms with E-state index in [0.717, 1.165) is 64.5 Å². The molecule has 0 saturated carbocycles. The van der Waals surface area contributed by atoms with Gasteiger partial charge in [-0.2, -0.15) is 0 Å². The molecule has 0 aliphatic rings. The van der Waals surface area contributed by atoms with E-state index >= 15 is 0 Å². The van der Waals surface area contributed by atoms with Gasteiger partial charge in [0.2, 0.25) is 5.91 Å². The van der Waals surface area contributed by atoms with Crippen LogP contribution in [-0.2, 0) is 14.3 Å². The number of carbonyl (C=O) groups excluding carboxylic acids is 2. The molecular weight excluding hydrogens is 388 g/mol. The summed E-state index contributed by atoms with van der Waals surface area (Å²) in [4.78, 5) is 23.4. The Kier molecular flexibility index (Phi) is 24.3. The second kappa shape index (κ2) is 25.2. The number of hydrogen-bond donors (Lipinski definition) is 2. The lowest BCUT2D eigenvalue weighted by atomic mass is 10.1. The Hall–Kier alpha value is -1.10. The lowest BCUT2D eigenvalue weighted by Crippen LogP contribution is -2.26. The van der Waals surface area contributed by atoms with Crippen LogP contribution in [0.1, 0.15) is 129 Å². The molecule has 0 saturated heterocycles. The van der Waals surface area contributed by atoms with E-state index in [1.54, 1.807) is 0 Å². The topological polar surface area (TPSA) is 67.4 Å². The normalized spacial score (nSPS) is 10.9. The maximum Gasteiger partial charge on any atom is 0.305 e. The highest BCUT2D eigenvalue weighted by atomic mass is 16.5. The first-order valence-corrected chi connectivity index (χ1v) is 13.3. The highest BCUT2D eigenvalue weighted by Crippen LogP contribution is 2.11. The van der Waals surface area contributed by atoms with Gasteiger partial charge in [0.05, 0.1) is 6.61 Å². The minimum absolute atomic E-state index is 0.0362. The van der Waals surface area contributed by atoms with E-state index in [1.165, 1.54) is 57.8 Å². The number of esters is 1. The zero-order chi connectivity index (χ0) is 22.8. The van der Waals surface area contributed by atoms with Crippen molar-refractivity contribution < 1.29 is 14.3 Å². The molecule has 0 unspecified atom stereocenters. The molecule has 2 N–H and O–H groups in total. The number of nitrogens with one attached hydrogen (secondary N) is 2. The number of amides is 1. The average Bonchev–Trinajstić information content (AvgIpc) is 2.77. The predicted octanol–water partition coefficient (Wildman–Crippen LogP) is 6.30. The lowest BCUT2D eigenvalue weighted by molar-refractivity contribution is -0.143. The van der Waals surface area contributed by atoms with Gasteiger partial charge in [0, 0.05) is 19.4 Å². The summed E-state index contributed by atoms with van der Waals surface area (Å²) in [5.41, 5.74) is 0. The molecule has 0 bridgehead atoms. The van der Waals surface area contributed by atoms with E-state index in [1.807, 2.05) is 7.05 Å². The minimum Gasteiger partial charge on any atom is -0.466 e. The lowest BCUT2D eigenvalue weighted by Gasteiger charge is -2.06. The van der Waals surface area contributed by atoms with Crippen molar-refractivity contribution in [1.29, 1.82) is 0 Å². The molecule has 0 spiro atoms. The number of unbranched alkanes of at least 4 members (excludes halogenated alkanes) is 14. The summed E-state index contributed by atoms with van der Waals surface area (Å²) in [5, 5.41) is 6.02. The van der Waals surface area contributed by atoms with Crippen LogP contribution >= 0.6 is 0 Å². The van der Waals surface area contributed by atoms with Crippen molar-refractivity contribution >= 4 is 11.9 Å². The molecule has 5 heteroatoms. The van der Waals surface area contributed by atoms with Gasteiger partial charge < -0.3 is 15.4 Å². The molecule has 0 heterocycles. The summed E-state index contributed by atoms with van der Waals surface area (Å²) < 4.78 is 5.35. The fourth-order valence-corrected chi connectivity index (χ4v) is 3.69. The van der Waals surface area contributed by atoms with Crippen LogP contribution in [0.3, 0.4) is 0 Å². The Morgan fingerprint density at radius 2 is 1.13 bits per heavy atom. The molecule has 0 aliphatic carbocycles. The van der Waals surface area contributed by atoms with E-state index in [-0.39, 0.29) is 11.9 Å². The van der Waals surface area contributed by atoms with Crippen molar-refractivity contribution in [2.45, 2.75) is 129 Å². The Balaban J connectivity index is 3.23. The van der Waals surface area contributed by atoms with Crippen LogP contribution in [0.5, 0.6) is 0 Å². The standard InChI is InChI=1S/C26H52N2O3/c1-3-4-5-6-7-8-9-12-15-18-24-31-26(30)21-17-14-11-10-13-16-20-25(29)28-23-19-22-27-2/h27H,3-24H2,1-2H3,(H,28,29). The third-order valence-electron chi connectivity index (χ3n) is 5.72. The molecule has 0 aromatic heterocycles. The van der Waals surface area contributed by atoms with Crippen LogP contribution in [0.4, 0.5) is 0 Å². The maximum absolute atomic E-state index is 11.8. The maximum atomic E-state index is 11.8. The van der Waals surface area contributed by atoms with Gasteiger partial charge in [0.15, 0.2) is 0 Å². The largest absolute Gasteiger partial charge is 0.466 e. The highest BCUT2D eigenvalue weighted by molar-refractivity contribution is 5.75. The number of ether oxygens (including phenoxy) is 1. The number of hydrogen-bond acceptors (Lipinski definition) is 4. The van der Waals surface area contributed by atoms with Crippen molar-refractivity contribution in [3.8, 4) is 0 Å². The SMILES string of the molecule is CCCCCCCCCCCCOC(=O)CCCCCCCCC(=O)NCCCNC. The first-order valence-electron chi connectivity index (χ1n) is 13.3. The fourth-order valence-electron chi connectivity index (χ4n) is 3.69. The molecule has 0 aromatic rings. The molecule has 0 fully saturated rings. The van der Waals surface area contributed by atoms with Crippen molar-refractivity contribution in [3.63, 3.8) is 0 Å². The molecule has 184 valence electrons. The van der Waals surface area contributed by atoms with Gasteiger partial charge in [0.25, 0.3) is 0 Å². The molecule has 0 radical (unpaired) electrons. The van der Waals surface area contributed by atoms with Gasteiger partial charge in [-0.1, -0.05) is 90.4 Å². The van der Waals surface area contributed by atoms with E-state index in [9.17, 15) is 9.59 Å². The van der Waals surface area contributed by atoms with Crippen LogP contribution in [0.2, 0.25) is 0 Å². The van der Waals surface area contributed by atoms with E-state index < -0.39 is 0 Å². The quantitative estimate of drug-likeness (QED) is 0.137. The van der Waals surface area contributed by atoms with E-state index in [4.69, 9.17) is 4.74 Å². The Morgan fingerprint density at radius 1 is 0.613 bits per heavy atom. The molecule has 0 atom stereocenters.